The molecular formula is C12H18O5. The molecule has 0 aromatic heterocycles. The first-order valence-electron chi connectivity index (χ1n) is 5.73. The molecule has 2 N–H and O–H groups in total. The second kappa shape index (κ2) is 5.82. The van der Waals surface area contributed by atoms with Crippen LogP contribution in [0.25, 0.3) is 0 Å². The van der Waals surface area contributed by atoms with Crippen molar-refractivity contribution in [1.82, 2.24) is 0 Å². The summed E-state index contributed by atoms with van der Waals surface area (Å²) in [4.78, 5) is 22.5. The van der Waals surface area contributed by atoms with Crippen LogP contribution < -0.4 is 0 Å². The summed E-state index contributed by atoms with van der Waals surface area (Å²) < 4.78 is 5.17. The number of carbonyl (C=O) groups is 2. The van der Waals surface area contributed by atoms with Crippen molar-refractivity contribution in [1.29, 1.82) is 0 Å². The number of rotatable bonds is 4. The molecule has 0 amide bonds. The van der Waals surface area contributed by atoms with Gasteiger partial charge in [-0.05, 0) is 24.7 Å². The van der Waals surface area contributed by atoms with Gasteiger partial charge in [-0.15, -0.1) is 0 Å². The lowest BCUT2D eigenvalue weighted by molar-refractivity contribution is -0.137. The monoisotopic (exact) mass is 242 g/mol. The van der Waals surface area contributed by atoms with Crippen molar-refractivity contribution in [3.05, 3.63) is 11.1 Å². The van der Waals surface area contributed by atoms with Crippen molar-refractivity contribution in [3.8, 4) is 0 Å². The van der Waals surface area contributed by atoms with E-state index in [2.05, 4.69) is 0 Å². The van der Waals surface area contributed by atoms with E-state index in [0.717, 1.165) is 0 Å². The number of aliphatic carboxylic acids is 2. The highest BCUT2D eigenvalue weighted by atomic mass is 16.5. The molecule has 1 saturated heterocycles. The van der Waals surface area contributed by atoms with E-state index in [0.29, 0.717) is 26.1 Å². The zero-order valence-electron chi connectivity index (χ0n) is 10.1. The smallest absolute Gasteiger partial charge is 0.332 e. The fraction of sp³-hybridized carbons (Fsp3) is 0.667. The van der Waals surface area contributed by atoms with Crippen molar-refractivity contribution in [2.24, 2.45) is 11.8 Å². The first-order valence-corrected chi connectivity index (χ1v) is 5.73. The lowest BCUT2D eigenvalue weighted by Gasteiger charge is -2.25. The average Bonchev–Trinajstić information content (AvgIpc) is 2.25. The van der Waals surface area contributed by atoms with Gasteiger partial charge in [-0.1, -0.05) is 13.8 Å². The second-order valence-corrected chi connectivity index (χ2v) is 4.48. The van der Waals surface area contributed by atoms with E-state index in [1.807, 2.05) is 0 Å². The number of ether oxygens (including phenoxy) is 1. The van der Waals surface area contributed by atoms with Gasteiger partial charge in [0.05, 0.1) is 11.1 Å². The van der Waals surface area contributed by atoms with Gasteiger partial charge in [0.25, 0.3) is 0 Å². The molecule has 96 valence electrons. The van der Waals surface area contributed by atoms with E-state index in [4.69, 9.17) is 9.84 Å². The molecule has 0 atom stereocenters. The Hall–Kier alpha value is -1.36. The van der Waals surface area contributed by atoms with Crippen LogP contribution in [0, 0.1) is 11.8 Å². The lowest BCUT2D eigenvalue weighted by atomic mass is 9.84. The summed E-state index contributed by atoms with van der Waals surface area (Å²) in [6, 6.07) is 0. The van der Waals surface area contributed by atoms with Crippen LogP contribution in [0.5, 0.6) is 0 Å². The maximum Gasteiger partial charge on any atom is 0.332 e. The maximum absolute atomic E-state index is 11.3. The van der Waals surface area contributed by atoms with Crippen LogP contribution in [0.3, 0.4) is 0 Å². The Bertz CT molecular complexity index is 337. The van der Waals surface area contributed by atoms with Crippen LogP contribution in [-0.2, 0) is 14.3 Å². The summed E-state index contributed by atoms with van der Waals surface area (Å²) in [6.07, 6.45) is 1.15. The van der Waals surface area contributed by atoms with Crippen LogP contribution >= 0.6 is 0 Å². The number of carboxylic acids is 2. The van der Waals surface area contributed by atoms with E-state index in [1.165, 1.54) is 0 Å². The third kappa shape index (κ3) is 3.30. The SMILES string of the molecule is CC(C)C(C(=O)O)=C(C(=O)O)C1CCOCC1. The molecule has 1 fully saturated rings. The van der Waals surface area contributed by atoms with Gasteiger partial charge in [-0.3, -0.25) is 0 Å². The lowest BCUT2D eigenvalue weighted by Crippen LogP contribution is -2.26. The van der Waals surface area contributed by atoms with Gasteiger partial charge in [0, 0.05) is 13.2 Å². The molecule has 0 bridgehead atoms. The minimum Gasteiger partial charge on any atom is -0.478 e. The number of hydrogen-bond donors (Lipinski definition) is 2. The summed E-state index contributed by atoms with van der Waals surface area (Å²) in [6.45, 7) is 4.39. The topological polar surface area (TPSA) is 83.8 Å². The highest BCUT2D eigenvalue weighted by Crippen LogP contribution is 2.29. The van der Waals surface area contributed by atoms with Crippen molar-refractivity contribution in [2.75, 3.05) is 13.2 Å². The molecule has 0 spiro atoms. The predicted molar refractivity (Wildman–Crippen MR) is 60.7 cm³/mol. The Kier molecular flexibility index (Phi) is 4.69. The van der Waals surface area contributed by atoms with Gasteiger partial charge in [0.1, 0.15) is 0 Å². The van der Waals surface area contributed by atoms with Gasteiger partial charge in [-0.25, -0.2) is 9.59 Å². The van der Waals surface area contributed by atoms with Crippen LogP contribution in [0.2, 0.25) is 0 Å². The first-order chi connectivity index (χ1) is 7.95. The van der Waals surface area contributed by atoms with Crippen molar-refractivity contribution in [2.45, 2.75) is 26.7 Å². The van der Waals surface area contributed by atoms with E-state index in [-0.39, 0.29) is 23.0 Å². The standard InChI is InChI=1S/C12H18O5/c1-7(2)9(11(13)14)10(12(15)16)8-3-5-17-6-4-8/h7-8H,3-6H2,1-2H3,(H,13,14)(H,15,16). The summed E-state index contributed by atoms with van der Waals surface area (Å²) >= 11 is 0. The third-order valence-corrected chi connectivity index (χ3v) is 2.96. The third-order valence-electron chi connectivity index (χ3n) is 2.96. The Morgan fingerprint density at radius 2 is 1.65 bits per heavy atom. The molecular weight excluding hydrogens is 224 g/mol. The van der Waals surface area contributed by atoms with Crippen LogP contribution in [0.1, 0.15) is 26.7 Å². The largest absolute Gasteiger partial charge is 0.478 e. The number of hydrogen-bond acceptors (Lipinski definition) is 3. The maximum atomic E-state index is 11.3. The molecule has 1 aliphatic heterocycles. The minimum absolute atomic E-state index is 0.0180. The molecule has 0 unspecified atom stereocenters. The van der Waals surface area contributed by atoms with Gasteiger partial charge < -0.3 is 14.9 Å². The predicted octanol–water partition coefficient (Wildman–Crippen LogP) is 1.53. The highest BCUT2D eigenvalue weighted by molar-refractivity contribution is 5.99. The molecule has 0 aliphatic carbocycles. The number of carboxylic acid groups (broad SMARTS) is 2. The summed E-state index contributed by atoms with van der Waals surface area (Å²) in [5.41, 5.74) is 0.0696. The van der Waals surface area contributed by atoms with Gasteiger partial charge in [0.2, 0.25) is 0 Å². The normalized spacial score (nSPS) is 19.0. The van der Waals surface area contributed by atoms with Gasteiger partial charge in [-0.2, -0.15) is 0 Å². The molecule has 1 rings (SSSR count). The summed E-state index contributed by atoms with van der Waals surface area (Å²) in [5, 5.41) is 18.4. The Morgan fingerprint density at radius 3 is 2.00 bits per heavy atom. The molecule has 1 aliphatic rings. The summed E-state index contributed by atoms with van der Waals surface area (Å²) in [7, 11) is 0. The van der Waals surface area contributed by atoms with E-state index in [1.54, 1.807) is 13.8 Å². The summed E-state index contributed by atoms with van der Waals surface area (Å²) in [5.74, 6) is -2.77. The van der Waals surface area contributed by atoms with Crippen LogP contribution in [0.4, 0.5) is 0 Å². The molecule has 0 aromatic rings. The van der Waals surface area contributed by atoms with Gasteiger partial charge >= 0.3 is 11.9 Å². The molecule has 5 nitrogen and oxygen atoms in total. The zero-order valence-corrected chi connectivity index (χ0v) is 10.1. The fourth-order valence-electron chi connectivity index (χ4n) is 2.17. The van der Waals surface area contributed by atoms with Crippen LogP contribution in [0.15, 0.2) is 11.1 Å². The zero-order chi connectivity index (χ0) is 13.0. The molecule has 0 saturated carbocycles. The fourth-order valence-corrected chi connectivity index (χ4v) is 2.17. The molecule has 0 radical (unpaired) electrons. The van der Waals surface area contributed by atoms with E-state index in [9.17, 15) is 14.7 Å². The molecule has 5 heteroatoms. The minimum atomic E-state index is -1.14. The second-order valence-electron chi connectivity index (χ2n) is 4.48. The molecule has 0 aromatic carbocycles. The van der Waals surface area contributed by atoms with Crippen molar-refractivity contribution >= 4 is 11.9 Å². The molecule has 1 heterocycles. The molecule has 17 heavy (non-hydrogen) atoms. The Morgan fingerprint density at radius 1 is 1.12 bits per heavy atom. The average molecular weight is 242 g/mol. The van der Waals surface area contributed by atoms with Crippen molar-refractivity contribution in [3.63, 3.8) is 0 Å². The highest BCUT2D eigenvalue weighted by Gasteiger charge is 2.30. The van der Waals surface area contributed by atoms with Crippen molar-refractivity contribution < 1.29 is 24.5 Å². The van der Waals surface area contributed by atoms with Crippen LogP contribution in [-0.4, -0.2) is 35.4 Å². The Balaban J connectivity index is 3.15. The Labute approximate surface area is 100 Å². The van der Waals surface area contributed by atoms with E-state index >= 15 is 0 Å². The van der Waals surface area contributed by atoms with Gasteiger partial charge in [0.15, 0.2) is 0 Å². The quantitative estimate of drug-likeness (QED) is 0.730. The first kappa shape index (κ1) is 13.7. The van der Waals surface area contributed by atoms with E-state index < -0.39 is 11.9 Å².